The molecule has 0 saturated carbocycles. The van der Waals surface area contributed by atoms with E-state index in [1.807, 2.05) is 35.7 Å². The molecular weight excluding hydrogens is 358 g/mol. The van der Waals surface area contributed by atoms with Crippen LogP contribution in [0.4, 0.5) is 0 Å². The van der Waals surface area contributed by atoms with Crippen molar-refractivity contribution in [2.45, 2.75) is 12.7 Å². The predicted molar refractivity (Wildman–Crippen MR) is 107 cm³/mol. The van der Waals surface area contributed by atoms with Crippen molar-refractivity contribution in [1.29, 1.82) is 0 Å². The fourth-order valence-electron chi connectivity index (χ4n) is 2.98. The molecule has 4 rings (SSSR count). The van der Waals surface area contributed by atoms with Gasteiger partial charge in [0.15, 0.2) is 11.5 Å². The van der Waals surface area contributed by atoms with Gasteiger partial charge in [-0.2, -0.15) is 0 Å². The van der Waals surface area contributed by atoms with Crippen molar-refractivity contribution in [2.75, 3.05) is 7.11 Å². The topological polar surface area (TPSA) is 51.6 Å². The Bertz CT molecular complexity index is 1050. The second-order valence-corrected chi connectivity index (χ2v) is 7.08. The van der Waals surface area contributed by atoms with E-state index in [4.69, 9.17) is 9.47 Å². The lowest BCUT2D eigenvalue weighted by Crippen LogP contribution is -2.02. The minimum absolute atomic E-state index is 0.415. The van der Waals surface area contributed by atoms with Crippen molar-refractivity contribution in [3.05, 3.63) is 88.4 Å². The zero-order valence-electron chi connectivity index (χ0n) is 14.8. The molecule has 0 aliphatic heterocycles. The number of methoxy groups -OCH3 is 1. The Morgan fingerprint density at radius 3 is 2.63 bits per heavy atom. The molecule has 1 unspecified atom stereocenters. The van der Waals surface area contributed by atoms with E-state index in [-0.39, 0.29) is 0 Å². The number of rotatable bonds is 6. The molecular formula is C22H19NO3S. The molecule has 0 saturated heterocycles. The van der Waals surface area contributed by atoms with Crippen molar-refractivity contribution in [2.24, 2.45) is 0 Å². The lowest BCUT2D eigenvalue weighted by atomic mass is 10.1. The zero-order chi connectivity index (χ0) is 18.6. The molecule has 1 atom stereocenters. The predicted octanol–water partition coefficient (Wildman–Crippen LogP) is 4.97. The van der Waals surface area contributed by atoms with Crippen LogP contribution in [0, 0.1) is 0 Å². The van der Waals surface area contributed by atoms with Crippen molar-refractivity contribution in [3.63, 3.8) is 0 Å². The zero-order valence-corrected chi connectivity index (χ0v) is 15.6. The van der Waals surface area contributed by atoms with Gasteiger partial charge in [-0.1, -0.05) is 42.5 Å². The van der Waals surface area contributed by atoms with E-state index in [1.54, 1.807) is 13.3 Å². The summed E-state index contributed by atoms with van der Waals surface area (Å²) in [4.78, 5) is 4.18. The summed E-state index contributed by atoms with van der Waals surface area (Å²) in [6.07, 6.45) is 0.906. The van der Waals surface area contributed by atoms with Gasteiger partial charge in [0.05, 0.1) is 7.11 Å². The number of aliphatic hydroxyl groups excluding tert-OH is 1. The van der Waals surface area contributed by atoms with Crippen LogP contribution in [0.1, 0.15) is 22.2 Å². The molecule has 0 fully saturated rings. The molecule has 0 aliphatic rings. The number of hydrogen-bond acceptors (Lipinski definition) is 5. The van der Waals surface area contributed by atoms with Gasteiger partial charge in [-0.05, 0) is 40.1 Å². The third-order valence-corrected chi connectivity index (χ3v) is 5.22. The summed E-state index contributed by atoms with van der Waals surface area (Å²) >= 11 is 1.42. The van der Waals surface area contributed by atoms with Crippen LogP contribution in [0.25, 0.3) is 10.8 Å². The highest BCUT2D eigenvalue weighted by molar-refractivity contribution is 7.09. The van der Waals surface area contributed by atoms with Gasteiger partial charge in [0.1, 0.15) is 17.7 Å². The second-order valence-electron chi connectivity index (χ2n) is 6.15. The highest BCUT2D eigenvalue weighted by Crippen LogP contribution is 2.33. The maximum Gasteiger partial charge on any atom is 0.162 e. The van der Waals surface area contributed by atoms with Crippen LogP contribution in [0.5, 0.6) is 11.5 Å². The molecule has 0 bridgehead atoms. The average Bonchev–Trinajstić information content (AvgIpc) is 3.26. The van der Waals surface area contributed by atoms with E-state index in [9.17, 15) is 5.11 Å². The summed E-state index contributed by atoms with van der Waals surface area (Å²) < 4.78 is 11.4. The minimum Gasteiger partial charge on any atom is -0.493 e. The number of fused-ring (bicyclic) bond motifs is 1. The summed E-state index contributed by atoms with van der Waals surface area (Å²) in [5.41, 5.74) is 1.79. The lowest BCUT2D eigenvalue weighted by Gasteiger charge is -2.15. The molecule has 0 amide bonds. The van der Waals surface area contributed by atoms with Gasteiger partial charge in [0.25, 0.3) is 0 Å². The third-order valence-electron chi connectivity index (χ3n) is 4.40. The fraction of sp³-hybridized carbons (Fsp3) is 0.136. The monoisotopic (exact) mass is 377 g/mol. The van der Waals surface area contributed by atoms with Gasteiger partial charge in [-0.3, -0.25) is 0 Å². The summed E-state index contributed by atoms with van der Waals surface area (Å²) in [6, 6.07) is 20.0. The Morgan fingerprint density at radius 2 is 1.85 bits per heavy atom. The van der Waals surface area contributed by atoms with Crippen molar-refractivity contribution in [3.8, 4) is 11.5 Å². The van der Waals surface area contributed by atoms with Crippen LogP contribution >= 0.6 is 11.3 Å². The number of thiazole rings is 1. The maximum absolute atomic E-state index is 10.5. The van der Waals surface area contributed by atoms with Gasteiger partial charge in [-0.15, -0.1) is 11.3 Å². The number of aromatic nitrogens is 1. The van der Waals surface area contributed by atoms with Gasteiger partial charge in [0.2, 0.25) is 0 Å². The largest absolute Gasteiger partial charge is 0.493 e. The molecule has 4 aromatic rings. The van der Waals surface area contributed by atoms with Crippen LogP contribution in [0.2, 0.25) is 0 Å². The quantitative estimate of drug-likeness (QED) is 0.516. The first-order valence-electron chi connectivity index (χ1n) is 8.60. The van der Waals surface area contributed by atoms with Gasteiger partial charge in [-0.25, -0.2) is 4.98 Å². The molecule has 0 radical (unpaired) electrons. The van der Waals surface area contributed by atoms with Crippen LogP contribution in [-0.4, -0.2) is 17.2 Å². The summed E-state index contributed by atoms with van der Waals surface area (Å²) in [7, 11) is 1.61. The Morgan fingerprint density at radius 1 is 1.00 bits per heavy atom. The van der Waals surface area contributed by atoms with E-state index in [0.717, 1.165) is 11.1 Å². The second kappa shape index (κ2) is 7.78. The summed E-state index contributed by atoms with van der Waals surface area (Å²) in [6.45, 7) is 0.415. The number of hydrogen-bond donors (Lipinski definition) is 1. The smallest absolute Gasteiger partial charge is 0.162 e. The third kappa shape index (κ3) is 3.79. The summed E-state index contributed by atoms with van der Waals surface area (Å²) in [5, 5.41) is 15.4. The number of ether oxygens (including phenoxy) is 2. The van der Waals surface area contributed by atoms with E-state index in [2.05, 4.69) is 35.3 Å². The van der Waals surface area contributed by atoms with Gasteiger partial charge >= 0.3 is 0 Å². The lowest BCUT2D eigenvalue weighted by molar-refractivity contribution is 0.218. The van der Waals surface area contributed by atoms with Crippen molar-refractivity contribution < 1.29 is 14.6 Å². The first-order chi connectivity index (χ1) is 13.2. The van der Waals surface area contributed by atoms with E-state index in [0.29, 0.717) is 23.1 Å². The molecule has 5 heteroatoms. The van der Waals surface area contributed by atoms with E-state index in [1.165, 1.54) is 22.1 Å². The molecule has 1 aromatic heterocycles. The Labute approximate surface area is 161 Å². The first-order valence-corrected chi connectivity index (χ1v) is 9.48. The maximum atomic E-state index is 10.5. The van der Waals surface area contributed by atoms with Crippen molar-refractivity contribution >= 4 is 22.1 Å². The SMILES string of the molecule is COc1ccc(C(O)c2nccs2)cc1OCc1ccc2ccccc2c1. The molecule has 0 aliphatic carbocycles. The number of nitrogens with zero attached hydrogens (tertiary/aromatic N) is 1. The standard InChI is InChI=1S/C22H19NO3S/c1-25-19-9-8-18(21(24)22-23-10-11-27-22)13-20(19)26-14-15-6-7-16-4-2-3-5-17(16)12-15/h2-13,21,24H,14H2,1H3. The van der Waals surface area contributed by atoms with Gasteiger partial charge < -0.3 is 14.6 Å². The molecule has 1 N–H and O–H groups in total. The van der Waals surface area contributed by atoms with E-state index >= 15 is 0 Å². The highest BCUT2D eigenvalue weighted by Gasteiger charge is 2.16. The normalized spacial score (nSPS) is 12.1. The van der Waals surface area contributed by atoms with Gasteiger partial charge in [0, 0.05) is 11.6 Å². The molecule has 4 nitrogen and oxygen atoms in total. The molecule has 0 spiro atoms. The van der Waals surface area contributed by atoms with Crippen LogP contribution in [0.15, 0.2) is 72.2 Å². The Hall–Kier alpha value is -2.89. The van der Waals surface area contributed by atoms with E-state index < -0.39 is 6.10 Å². The average molecular weight is 377 g/mol. The first kappa shape index (κ1) is 17.5. The minimum atomic E-state index is -0.779. The Kier molecular flexibility index (Phi) is 5.05. The van der Waals surface area contributed by atoms with Crippen LogP contribution in [0.3, 0.4) is 0 Å². The highest BCUT2D eigenvalue weighted by atomic mass is 32.1. The fourth-order valence-corrected chi connectivity index (χ4v) is 3.63. The summed E-state index contributed by atoms with van der Waals surface area (Å²) in [5.74, 6) is 1.23. The van der Waals surface area contributed by atoms with Crippen molar-refractivity contribution in [1.82, 2.24) is 4.98 Å². The van der Waals surface area contributed by atoms with Crippen LogP contribution in [-0.2, 0) is 6.61 Å². The van der Waals surface area contributed by atoms with Crippen LogP contribution < -0.4 is 9.47 Å². The Balaban J connectivity index is 1.57. The molecule has 3 aromatic carbocycles. The number of benzene rings is 3. The molecule has 27 heavy (non-hydrogen) atoms. The molecule has 1 heterocycles. The number of aliphatic hydroxyl groups is 1. The molecule has 136 valence electrons.